The summed E-state index contributed by atoms with van der Waals surface area (Å²) in [6.45, 7) is 0. The Morgan fingerprint density at radius 2 is 2.36 bits per heavy atom. The van der Waals surface area contributed by atoms with E-state index in [-0.39, 0.29) is 0 Å². The van der Waals surface area contributed by atoms with Crippen molar-refractivity contribution in [3.8, 4) is 11.3 Å². The number of aromatic nitrogens is 2. The third-order valence-corrected chi connectivity index (χ3v) is 2.75. The van der Waals surface area contributed by atoms with E-state index in [9.17, 15) is 4.79 Å². The fraction of sp³-hybridized carbons (Fsp3) is 0.111. The van der Waals surface area contributed by atoms with Crippen molar-refractivity contribution >= 4 is 17.3 Å². The summed E-state index contributed by atoms with van der Waals surface area (Å²) in [5.41, 5.74) is 1.38. The second-order valence-electron chi connectivity index (χ2n) is 2.84. The molecular weight excluding hydrogens is 200 g/mol. The highest BCUT2D eigenvalue weighted by atomic mass is 32.1. The van der Waals surface area contributed by atoms with Crippen LogP contribution in [0.15, 0.2) is 23.7 Å². The lowest BCUT2D eigenvalue weighted by Gasteiger charge is -1.94. The summed E-state index contributed by atoms with van der Waals surface area (Å²) < 4.78 is 1.65. The van der Waals surface area contributed by atoms with E-state index in [2.05, 4.69) is 5.10 Å². The van der Waals surface area contributed by atoms with Crippen molar-refractivity contribution < 1.29 is 9.90 Å². The number of carbonyl (C=O) groups is 1. The molecule has 0 saturated heterocycles. The van der Waals surface area contributed by atoms with E-state index in [1.165, 1.54) is 11.3 Å². The molecule has 0 bridgehead atoms. The van der Waals surface area contributed by atoms with Crippen molar-refractivity contribution in [1.29, 1.82) is 0 Å². The van der Waals surface area contributed by atoms with E-state index in [4.69, 9.17) is 5.11 Å². The molecule has 0 fully saturated rings. The molecule has 0 aliphatic carbocycles. The summed E-state index contributed by atoms with van der Waals surface area (Å²) in [4.78, 5) is 11.2. The van der Waals surface area contributed by atoms with Gasteiger partial charge in [-0.05, 0) is 17.5 Å². The largest absolute Gasteiger partial charge is 0.477 e. The summed E-state index contributed by atoms with van der Waals surface area (Å²) in [7, 11) is 1.80. The predicted molar refractivity (Wildman–Crippen MR) is 53.5 cm³/mol. The lowest BCUT2D eigenvalue weighted by Crippen LogP contribution is -1.95. The minimum absolute atomic E-state index is 0.337. The van der Waals surface area contributed by atoms with Gasteiger partial charge >= 0.3 is 5.97 Å². The van der Waals surface area contributed by atoms with Crippen LogP contribution in [0.1, 0.15) is 9.67 Å². The lowest BCUT2D eigenvalue weighted by atomic mass is 10.2. The molecule has 0 unspecified atom stereocenters. The van der Waals surface area contributed by atoms with Gasteiger partial charge in [0.25, 0.3) is 0 Å². The molecule has 1 N–H and O–H groups in total. The molecule has 5 heteroatoms. The van der Waals surface area contributed by atoms with Gasteiger partial charge in [0, 0.05) is 18.8 Å². The van der Waals surface area contributed by atoms with E-state index in [1.807, 2.05) is 0 Å². The first kappa shape index (κ1) is 8.96. The molecule has 0 atom stereocenters. The zero-order chi connectivity index (χ0) is 10.1. The fourth-order valence-electron chi connectivity index (χ4n) is 1.24. The Morgan fingerprint density at radius 1 is 1.57 bits per heavy atom. The summed E-state index contributed by atoms with van der Waals surface area (Å²) in [5.74, 6) is -0.902. The first-order valence-corrected chi connectivity index (χ1v) is 4.87. The molecule has 2 rings (SSSR count). The van der Waals surface area contributed by atoms with Crippen molar-refractivity contribution in [1.82, 2.24) is 9.78 Å². The molecule has 72 valence electrons. The number of thiophene rings is 1. The maximum absolute atomic E-state index is 10.8. The molecule has 14 heavy (non-hydrogen) atoms. The monoisotopic (exact) mass is 208 g/mol. The van der Waals surface area contributed by atoms with Crippen LogP contribution in [0.25, 0.3) is 11.3 Å². The summed E-state index contributed by atoms with van der Waals surface area (Å²) in [5, 5.41) is 14.8. The van der Waals surface area contributed by atoms with E-state index >= 15 is 0 Å². The Bertz CT molecular complexity index is 473. The standard InChI is InChI=1S/C9H8N2O2S/c1-11-4-2-7(10-11)6-3-5-14-8(6)9(12)13/h2-5H,1H3,(H,12,13). The van der Waals surface area contributed by atoms with Gasteiger partial charge in [-0.25, -0.2) is 4.79 Å². The van der Waals surface area contributed by atoms with E-state index in [0.29, 0.717) is 16.1 Å². The second-order valence-corrected chi connectivity index (χ2v) is 3.76. The highest BCUT2D eigenvalue weighted by Crippen LogP contribution is 2.26. The Balaban J connectivity index is 2.51. The highest BCUT2D eigenvalue weighted by molar-refractivity contribution is 7.12. The smallest absolute Gasteiger partial charge is 0.346 e. The van der Waals surface area contributed by atoms with Gasteiger partial charge in [0.05, 0.1) is 5.69 Å². The normalized spacial score (nSPS) is 10.4. The molecule has 0 aliphatic rings. The molecule has 0 amide bonds. The molecule has 0 saturated carbocycles. The highest BCUT2D eigenvalue weighted by Gasteiger charge is 2.14. The van der Waals surface area contributed by atoms with Gasteiger partial charge in [-0.1, -0.05) is 0 Å². The average molecular weight is 208 g/mol. The lowest BCUT2D eigenvalue weighted by molar-refractivity contribution is 0.0703. The van der Waals surface area contributed by atoms with Gasteiger partial charge in [0.15, 0.2) is 0 Å². The number of rotatable bonds is 2. The van der Waals surface area contributed by atoms with Crippen LogP contribution in [-0.4, -0.2) is 20.9 Å². The van der Waals surface area contributed by atoms with Crippen LogP contribution < -0.4 is 0 Å². The SMILES string of the molecule is Cn1ccc(-c2ccsc2C(=O)O)n1. The van der Waals surface area contributed by atoms with Crippen LogP contribution in [-0.2, 0) is 7.05 Å². The van der Waals surface area contributed by atoms with Gasteiger partial charge in [-0.3, -0.25) is 4.68 Å². The molecular formula is C9H8N2O2S. The topological polar surface area (TPSA) is 55.1 Å². The second kappa shape index (κ2) is 3.26. The predicted octanol–water partition coefficient (Wildman–Crippen LogP) is 1.85. The number of carboxylic acid groups (broad SMARTS) is 1. The van der Waals surface area contributed by atoms with Gasteiger partial charge < -0.3 is 5.11 Å². The quantitative estimate of drug-likeness (QED) is 0.819. The van der Waals surface area contributed by atoms with Gasteiger partial charge in [-0.2, -0.15) is 5.10 Å². The molecule has 0 aliphatic heterocycles. The maximum Gasteiger partial charge on any atom is 0.346 e. The van der Waals surface area contributed by atoms with Crippen LogP contribution in [0.2, 0.25) is 0 Å². The zero-order valence-electron chi connectivity index (χ0n) is 7.47. The minimum Gasteiger partial charge on any atom is -0.477 e. The third-order valence-electron chi connectivity index (χ3n) is 1.85. The van der Waals surface area contributed by atoms with E-state index in [1.54, 1.807) is 35.4 Å². The first-order valence-electron chi connectivity index (χ1n) is 3.99. The Labute approximate surface area is 84.4 Å². The number of aryl methyl sites for hydroxylation is 1. The van der Waals surface area contributed by atoms with Crippen molar-refractivity contribution in [3.05, 3.63) is 28.6 Å². The van der Waals surface area contributed by atoms with Crippen LogP contribution in [0, 0.1) is 0 Å². The average Bonchev–Trinajstić information content (AvgIpc) is 2.70. The van der Waals surface area contributed by atoms with Gasteiger partial charge in [0.2, 0.25) is 0 Å². The molecule has 0 aromatic carbocycles. The minimum atomic E-state index is -0.902. The van der Waals surface area contributed by atoms with Crippen molar-refractivity contribution in [2.24, 2.45) is 7.05 Å². The van der Waals surface area contributed by atoms with Crippen LogP contribution >= 0.6 is 11.3 Å². The molecule has 2 aromatic heterocycles. The zero-order valence-corrected chi connectivity index (χ0v) is 8.28. The van der Waals surface area contributed by atoms with Crippen molar-refractivity contribution in [3.63, 3.8) is 0 Å². The molecule has 2 aromatic rings. The fourth-order valence-corrected chi connectivity index (χ4v) is 1.98. The summed E-state index contributed by atoms with van der Waals surface area (Å²) in [6.07, 6.45) is 1.79. The Kier molecular flexibility index (Phi) is 2.09. The van der Waals surface area contributed by atoms with E-state index in [0.717, 1.165) is 0 Å². The Morgan fingerprint density at radius 3 is 2.93 bits per heavy atom. The third kappa shape index (κ3) is 1.42. The van der Waals surface area contributed by atoms with Crippen molar-refractivity contribution in [2.75, 3.05) is 0 Å². The number of nitrogens with zero attached hydrogens (tertiary/aromatic N) is 2. The first-order chi connectivity index (χ1) is 6.68. The van der Waals surface area contributed by atoms with Crippen LogP contribution in [0.4, 0.5) is 0 Å². The number of carboxylic acids is 1. The van der Waals surface area contributed by atoms with Crippen molar-refractivity contribution in [2.45, 2.75) is 0 Å². The number of aromatic carboxylic acids is 1. The summed E-state index contributed by atoms with van der Waals surface area (Å²) >= 11 is 1.21. The van der Waals surface area contributed by atoms with Crippen LogP contribution in [0.5, 0.6) is 0 Å². The Hall–Kier alpha value is -1.62. The van der Waals surface area contributed by atoms with Crippen LogP contribution in [0.3, 0.4) is 0 Å². The molecule has 0 radical (unpaired) electrons. The summed E-state index contributed by atoms with van der Waals surface area (Å²) in [6, 6.07) is 3.57. The molecule has 0 spiro atoms. The number of hydrogen-bond donors (Lipinski definition) is 1. The molecule has 2 heterocycles. The number of hydrogen-bond acceptors (Lipinski definition) is 3. The van der Waals surface area contributed by atoms with Gasteiger partial charge in [0.1, 0.15) is 4.88 Å². The van der Waals surface area contributed by atoms with Gasteiger partial charge in [-0.15, -0.1) is 11.3 Å². The van der Waals surface area contributed by atoms with E-state index < -0.39 is 5.97 Å². The molecule has 4 nitrogen and oxygen atoms in total. The maximum atomic E-state index is 10.8.